The zero-order valence-corrected chi connectivity index (χ0v) is 13.7. The Kier molecular flexibility index (Phi) is 6.72. The maximum Gasteiger partial charge on any atom is 0.0693 e. The Morgan fingerprint density at radius 2 is 2.00 bits per heavy atom. The SMILES string of the molecule is CCCNC(CCCc1ccccc1)CC1(OC)CCC1. The molecule has 1 aromatic carbocycles. The molecule has 1 N–H and O–H groups in total. The van der Waals surface area contributed by atoms with E-state index in [4.69, 9.17) is 4.74 Å². The monoisotopic (exact) mass is 289 g/mol. The number of hydrogen-bond donors (Lipinski definition) is 1. The third kappa shape index (κ3) is 5.12. The average Bonchev–Trinajstić information content (AvgIpc) is 2.49. The van der Waals surface area contributed by atoms with Crippen molar-refractivity contribution in [2.45, 2.75) is 69.9 Å². The van der Waals surface area contributed by atoms with Crippen LogP contribution in [0.5, 0.6) is 0 Å². The van der Waals surface area contributed by atoms with Gasteiger partial charge in [0.05, 0.1) is 5.60 Å². The summed E-state index contributed by atoms with van der Waals surface area (Å²) < 4.78 is 5.81. The van der Waals surface area contributed by atoms with Crippen LogP contribution in [0.2, 0.25) is 0 Å². The third-order valence-corrected chi connectivity index (χ3v) is 4.86. The Labute approximate surface area is 130 Å². The van der Waals surface area contributed by atoms with Crippen molar-refractivity contribution in [3.8, 4) is 0 Å². The normalized spacial score (nSPS) is 18.2. The molecule has 1 unspecified atom stereocenters. The Morgan fingerprint density at radius 1 is 1.24 bits per heavy atom. The molecule has 1 aliphatic rings. The molecule has 0 heterocycles. The largest absolute Gasteiger partial charge is 0.378 e. The van der Waals surface area contributed by atoms with E-state index < -0.39 is 0 Å². The molecule has 0 aliphatic heterocycles. The van der Waals surface area contributed by atoms with Gasteiger partial charge in [-0.1, -0.05) is 37.3 Å². The summed E-state index contributed by atoms with van der Waals surface area (Å²) in [6.45, 7) is 3.36. The van der Waals surface area contributed by atoms with E-state index in [1.54, 1.807) is 0 Å². The minimum absolute atomic E-state index is 0.179. The summed E-state index contributed by atoms with van der Waals surface area (Å²) in [6, 6.07) is 11.4. The molecule has 2 rings (SSSR count). The number of ether oxygens (including phenoxy) is 1. The molecule has 1 aliphatic carbocycles. The minimum Gasteiger partial charge on any atom is -0.378 e. The lowest BCUT2D eigenvalue weighted by atomic mass is 9.75. The highest BCUT2D eigenvalue weighted by Gasteiger charge is 2.38. The molecule has 2 nitrogen and oxygen atoms in total. The van der Waals surface area contributed by atoms with Crippen LogP contribution in [0.15, 0.2) is 30.3 Å². The van der Waals surface area contributed by atoms with Crippen molar-refractivity contribution in [1.29, 1.82) is 0 Å². The fourth-order valence-electron chi connectivity index (χ4n) is 3.33. The predicted octanol–water partition coefficient (Wildman–Crippen LogP) is 4.34. The molecule has 0 bridgehead atoms. The molecular weight excluding hydrogens is 258 g/mol. The van der Waals surface area contributed by atoms with E-state index in [1.165, 1.54) is 56.9 Å². The molecule has 2 heteroatoms. The number of benzene rings is 1. The van der Waals surface area contributed by atoms with Crippen molar-refractivity contribution in [3.05, 3.63) is 35.9 Å². The summed E-state index contributed by atoms with van der Waals surface area (Å²) in [5.41, 5.74) is 1.63. The molecule has 0 amide bonds. The summed E-state index contributed by atoms with van der Waals surface area (Å²) >= 11 is 0. The fraction of sp³-hybridized carbons (Fsp3) is 0.684. The Morgan fingerprint density at radius 3 is 2.57 bits per heavy atom. The highest BCUT2D eigenvalue weighted by molar-refractivity contribution is 5.14. The van der Waals surface area contributed by atoms with Crippen LogP contribution in [0.4, 0.5) is 0 Å². The van der Waals surface area contributed by atoms with Crippen LogP contribution in [-0.4, -0.2) is 25.3 Å². The van der Waals surface area contributed by atoms with Crippen molar-refractivity contribution in [2.24, 2.45) is 0 Å². The number of hydrogen-bond acceptors (Lipinski definition) is 2. The van der Waals surface area contributed by atoms with Crippen LogP contribution in [0.3, 0.4) is 0 Å². The second-order valence-corrected chi connectivity index (χ2v) is 6.47. The second kappa shape index (κ2) is 8.55. The van der Waals surface area contributed by atoms with E-state index in [1.807, 2.05) is 7.11 Å². The lowest BCUT2D eigenvalue weighted by molar-refractivity contribution is -0.0839. The molecule has 1 atom stereocenters. The molecule has 0 spiro atoms. The molecule has 1 aromatic rings. The maximum atomic E-state index is 5.81. The van der Waals surface area contributed by atoms with Gasteiger partial charge < -0.3 is 10.1 Å². The molecule has 21 heavy (non-hydrogen) atoms. The number of aryl methyl sites for hydroxylation is 1. The summed E-state index contributed by atoms with van der Waals surface area (Å²) in [7, 11) is 1.89. The lowest BCUT2D eigenvalue weighted by Crippen LogP contribution is -2.46. The molecule has 1 fully saturated rings. The Balaban J connectivity index is 1.78. The van der Waals surface area contributed by atoms with Gasteiger partial charge in [0.2, 0.25) is 0 Å². The first kappa shape index (κ1) is 16.5. The maximum absolute atomic E-state index is 5.81. The predicted molar refractivity (Wildman–Crippen MR) is 89.7 cm³/mol. The molecule has 118 valence electrons. The van der Waals surface area contributed by atoms with Gasteiger partial charge in [0.15, 0.2) is 0 Å². The van der Waals surface area contributed by atoms with Gasteiger partial charge in [-0.25, -0.2) is 0 Å². The molecular formula is C19H31NO. The van der Waals surface area contributed by atoms with E-state index in [0.29, 0.717) is 6.04 Å². The summed E-state index contributed by atoms with van der Waals surface area (Å²) in [6.07, 6.45) is 9.89. The van der Waals surface area contributed by atoms with Crippen molar-refractivity contribution in [3.63, 3.8) is 0 Å². The highest BCUT2D eigenvalue weighted by atomic mass is 16.5. The second-order valence-electron chi connectivity index (χ2n) is 6.47. The summed E-state index contributed by atoms with van der Waals surface area (Å²) in [4.78, 5) is 0. The smallest absolute Gasteiger partial charge is 0.0693 e. The van der Waals surface area contributed by atoms with Crippen molar-refractivity contribution >= 4 is 0 Å². The zero-order valence-electron chi connectivity index (χ0n) is 13.7. The van der Waals surface area contributed by atoms with E-state index in [2.05, 4.69) is 42.6 Å². The zero-order chi connectivity index (χ0) is 15.0. The van der Waals surface area contributed by atoms with Gasteiger partial charge in [-0.3, -0.25) is 0 Å². The van der Waals surface area contributed by atoms with E-state index >= 15 is 0 Å². The molecule has 0 radical (unpaired) electrons. The Hall–Kier alpha value is -0.860. The fourth-order valence-corrected chi connectivity index (χ4v) is 3.33. The van der Waals surface area contributed by atoms with Crippen LogP contribution in [0.25, 0.3) is 0 Å². The van der Waals surface area contributed by atoms with Crippen molar-refractivity contribution in [1.82, 2.24) is 5.32 Å². The van der Waals surface area contributed by atoms with Gasteiger partial charge in [0.1, 0.15) is 0 Å². The number of methoxy groups -OCH3 is 1. The number of rotatable bonds is 10. The van der Waals surface area contributed by atoms with E-state index in [-0.39, 0.29) is 5.60 Å². The van der Waals surface area contributed by atoms with Gasteiger partial charge >= 0.3 is 0 Å². The highest BCUT2D eigenvalue weighted by Crippen LogP contribution is 2.39. The van der Waals surface area contributed by atoms with Gasteiger partial charge in [-0.05, 0) is 63.5 Å². The van der Waals surface area contributed by atoms with Crippen LogP contribution in [0, 0.1) is 0 Å². The quantitative estimate of drug-likeness (QED) is 0.692. The van der Waals surface area contributed by atoms with Crippen molar-refractivity contribution < 1.29 is 4.74 Å². The first-order valence-corrected chi connectivity index (χ1v) is 8.60. The van der Waals surface area contributed by atoms with Crippen molar-refractivity contribution in [2.75, 3.05) is 13.7 Å². The summed E-state index contributed by atoms with van der Waals surface area (Å²) in [5.74, 6) is 0. The minimum atomic E-state index is 0.179. The van der Waals surface area contributed by atoms with Crippen LogP contribution in [0.1, 0.15) is 57.4 Å². The van der Waals surface area contributed by atoms with Gasteiger partial charge in [0.25, 0.3) is 0 Å². The molecule has 0 aromatic heterocycles. The summed E-state index contributed by atoms with van der Waals surface area (Å²) in [5, 5.41) is 3.73. The number of nitrogens with one attached hydrogen (secondary N) is 1. The molecule has 0 saturated heterocycles. The van der Waals surface area contributed by atoms with Crippen LogP contribution in [-0.2, 0) is 11.2 Å². The molecule has 1 saturated carbocycles. The van der Waals surface area contributed by atoms with Crippen LogP contribution < -0.4 is 5.32 Å². The van der Waals surface area contributed by atoms with E-state index in [0.717, 1.165) is 6.54 Å². The topological polar surface area (TPSA) is 21.3 Å². The standard InChI is InChI=1S/C19H31NO/c1-3-15-20-18(16-19(21-2)13-8-14-19)12-7-11-17-9-5-4-6-10-17/h4-6,9-10,18,20H,3,7-8,11-16H2,1-2H3. The van der Waals surface area contributed by atoms with Gasteiger partial charge in [-0.15, -0.1) is 0 Å². The van der Waals surface area contributed by atoms with Crippen LogP contribution >= 0.6 is 0 Å². The first-order chi connectivity index (χ1) is 10.3. The lowest BCUT2D eigenvalue weighted by Gasteiger charge is -2.43. The third-order valence-electron chi connectivity index (χ3n) is 4.86. The van der Waals surface area contributed by atoms with Gasteiger partial charge in [-0.2, -0.15) is 0 Å². The first-order valence-electron chi connectivity index (χ1n) is 8.60. The van der Waals surface area contributed by atoms with E-state index in [9.17, 15) is 0 Å². The average molecular weight is 289 g/mol. The van der Waals surface area contributed by atoms with Gasteiger partial charge in [0, 0.05) is 13.2 Å². The Bertz CT molecular complexity index is 380.